The molecule has 2 rings (SSSR count). The average Bonchev–Trinajstić information content (AvgIpc) is 2.69. The first-order chi connectivity index (χ1) is 13.2. The van der Waals surface area contributed by atoms with Gasteiger partial charge in [0.1, 0.15) is 5.75 Å². The van der Waals surface area contributed by atoms with Crippen LogP contribution in [0.4, 0.5) is 0 Å². The Kier molecular flexibility index (Phi) is 12.3. The van der Waals surface area contributed by atoms with Crippen molar-refractivity contribution >= 4 is 29.9 Å². The number of aliphatic imine (C=N–C) groups is 1. The minimum absolute atomic E-state index is 0. The molecular weight excluding hydrogens is 465 g/mol. The molecule has 0 radical (unpaired) electrons. The fourth-order valence-electron chi connectivity index (χ4n) is 2.63. The summed E-state index contributed by atoms with van der Waals surface area (Å²) in [7, 11) is 1.70. The van der Waals surface area contributed by atoms with E-state index in [-0.39, 0.29) is 24.0 Å². The number of methoxy groups -OCH3 is 1. The Morgan fingerprint density at radius 1 is 1.04 bits per heavy atom. The number of aryl methyl sites for hydroxylation is 1. The summed E-state index contributed by atoms with van der Waals surface area (Å²) in [6.45, 7) is 7.73. The molecule has 2 aromatic rings. The van der Waals surface area contributed by atoms with E-state index < -0.39 is 0 Å². The molecular formula is C22H32IN3O2. The van der Waals surface area contributed by atoms with Gasteiger partial charge < -0.3 is 20.1 Å². The summed E-state index contributed by atoms with van der Waals surface area (Å²) in [6.07, 6.45) is 0.881. The third-order valence-electron chi connectivity index (χ3n) is 4.13. The third kappa shape index (κ3) is 8.93. The number of hydrogen-bond acceptors (Lipinski definition) is 3. The van der Waals surface area contributed by atoms with E-state index in [1.54, 1.807) is 7.11 Å². The number of nitrogens with zero attached hydrogens (tertiary/aromatic N) is 1. The molecule has 2 aromatic carbocycles. The number of guanidine groups is 1. The zero-order valence-electron chi connectivity index (χ0n) is 17.0. The summed E-state index contributed by atoms with van der Waals surface area (Å²) in [5.74, 6) is 1.68. The monoisotopic (exact) mass is 497 g/mol. The lowest BCUT2D eigenvalue weighted by atomic mass is 10.1. The molecule has 5 nitrogen and oxygen atoms in total. The lowest BCUT2D eigenvalue weighted by Gasteiger charge is -2.13. The standard InChI is InChI=1S/C22H31N3O2.HI/c1-4-23-22(25-17-20-11-6-5-9-18(20)2)24-16-19-10-7-12-21(15-19)27-14-8-13-26-3;/h5-7,9-12,15H,4,8,13-14,16-17H2,1-3H3,(H2,23,24,25);1H. The van der Waals surface area contributed by atoms with Crippen LogP contribution in [0.2, 0.25) is 0 Å². The highest BCUT2D eigenvalue weighted by atomic mass is 127. The maximum absolute atomic E-state index is 5.76. The largest absolute Gasteiger partial charge is 0.493 e. The Balaban J connectivity index is 0.00000392. The van der Waals surface area contributed by atoms with Gasteiger partial charge in [-0.05, 0) is 42.7 Å². The van der Waals surface area contributed by atoms with E-state index in [2.05, 4.69) is 54.8 Å². The van der Waals surface area contributed by atoms with Crippen LogP contribution in [0.1, 0.15) is 30.0 Å². The number of halogens is 1. The van der Waals surface area contributed by atoms with Crippen molar-refractivity contribution in [2.45, 2.75) is 33.4 Å². The van der Waals surface area contributed by atoms with Crippen LogP contribution in [0.25, 0.3) is 0 Å². The van der Waals surface area contributed by atoms with E-state index in [1.807, 2.05) is 18.2 Å². The number of hydrogen-bond donors (Lipinski definition) is 2. The highest BCUT2D eigenvalue weighted by molar-refractivity contribution is 14.0. The van der Waals surface area contributed by atoms with Gasteiger partial charge in [0, 0.05) is 33.2 Å². The van der Waals surface area contributed by atoms with Crippen LogP contribution in [-0.2, 0) is 17.8 Å². The molecule has 0 unspecified atom stereocenters. The second-order valence-corrected chi connectivity index (χ2v) is 6.32. The molecule has 6 heteroatoms. The van der Waals surface area contributed by atoms with Gasteiger partial charge in [-0.15, -0.1) is 24.0 Å². The Labute approximate surface area is 186 Å². The molecule has 28 heavy (non-hydrogen) atoms. The van der Waals surface area contributed by atoms with Gasteiger partial charge in [-0.2, -0.15) is 0 Å². The molecule has 0 aliphatic carbocycles. The molecule has 2 N–H and O–H groups in total. The van der Waals surface area contributed by atoms with Gasteiger partial charge >= 0.3 is 0 Å². The highest BCUT2D eigenvalue weighted by Crippen LogP contribution is 2.14. The molecule has 0 bridgehead atoms. The summed E-state index contributed by atoms with van der Waals surface area (Å²) in [6, 6.07) is 16.5. The van der Waals surface area contributed by atoms with Crippen molar-refractivity contribution in [3.63, 3.8) is 0 Å². The van der Waals surface area contributed by atoms with Crippen molar-refractivity contribution in [3.05, 3.63) is 65.2 Å². The Hall–Kier alpha value is -1.80. The minimum atomic E-state index is 0. The van der Waals surface area contributed by atoms with Crippen molar-refractivity contribution in [1.29, 1.82) is 0 Å². The predicted octanol–water partition coefficient (Wildman–Crippen LogP) is 4.28. The van der Waals surface area contributed by atoms with Crippen LogP contribution < -0.4 is 15.4 Å². The number of nitrogens with one attached hydrogen (secondary N) is 2. The van der Waals surface area contributed by atoms with Crippen molar-refractivity contribution < 1.29 is 9.47 Å². The highest BCUT2D eigenvalue weighted by Gasteiger charge is 2.02. The van der Waals surface area contributed by atoms with E-state index in [4.69, 9.17) is 14.5 Å². The first kappa shape index (κ1) is 24.2. The van der Waals surface area contributed by atoms with Gasteiger partial charge in [0.05, 0.1) is 13.2 Å². The maximum Gasteiger partial charge on any atom is 0.191 e. The summed E-state index contributed by atoms with van der Waals surface area (Å²) in [5.41, 5.74) is 3.67. The number of rotatable bonds is 10. The second kappa shape index (κ2) is 14.2. The van der Waals surface area contributed by atoms with Gasteiger partial charge in [0.2, 0.25) is 0 Å². The predicted molar refractivity (Wildman–Crippen MR) is 127 cm³/mol. The Morgan fingerprint density at radius 2 is 1.86 bits per heavy atom. The van der Waals surface area contributed by atoms with E-state index in [9.17, 15) is 0 Å². The summed E-state index contributed by atoms with van der Waals surface area (Å²) in [5, 5.41) is 6.70. The number of benzene rings is 2. The Morgan fingerprint density at radius 3 is 2.61 bits per heavy atom. The summed E-state index contributed by atoms with van der Waals surface area (Å²) >= 11 is 0. The van der Waals surface area contributed by atoms with Crippen LogP contribution >= 0.6 is 24.0 Å². The quantitative estimate of drug-likeness (QED) is 0.223. The third-order valence-corrected chi connectivity index (χ3v) is 4.13. The van der Waals surface area contributed by atoms with Crippen LogP contribution in [0.3, 0.4) is 0 Å². The van der Waals surface area contributed by atoms with Crippen molar-refractivity contribution in [1.82, 2.24) is 10.6 Å². The molecule has 0 fully saturated rings. The molecule has 0 atom stereocenters. The average molecular weight is 497 g/mol. The zero-order valence-corrected chi connectivity index (χ0v) is 19.4. The van der Waals surface area contributed by atoms with Crippen LogP contribution in [0.5, 0.6) is 5.75 Å². The molecule has 0 spiro atoms. The van der Waals surface area contributed by atoms with Gasteiger partial charge in [-0.3, -0.25) is 0 Å². The van der Waals surface area contributed by atoms with Crippen molar-refractivity contribution in [3.8, 4) is 5.75 Å². The van der Waals surface area contributed by atoms with Gasteiger partial charge in [0.25, 0.3) is 0 Å². The number of ether oxygens (including phenoxy) is 2. The van der Waals surface area contributed by atoms with Gasteiger partial charge in [-0.1, -0.05) is 36.4 Å². The lowest BCUT2D eigenvalue weighted by molar-refractivity contribution is 0.172. The van der Waals surface area contributed by atoms with E-state index in [0.29, 0.717) is 19.8 Å². The molecule has 154 valence electrons. The minimum Gasteiger partial charge on any atom is -0.493 e. The van der Waals surface area contributed by atoms with Gasteiger partial charge in [0.15, 0.2) is 5.96 Å². The van der Waals surface area contributed by atoms with E-state index in [1.165, 1.54) is 11.1 Å². The Bertz CT molecular complexity index is 722. The lowest BCUT2D eigenvalue weighted by Crippen LogP contribution is -2.36. The molecule has 0 aromatic heterocycles. The molecule has 0 heterocycles. The normalized spacial score (nSPS) is 10.9. The fourth-order valence-corrected chi connectivity index (χ4v) is 2.63. The molecule has 0 amide bonds. The topological polar surface area (TPSA) is 54.9 Å². The smallest absolute Gasteiger partial charge is 0.191 e. The molecule has 0 saturated heterocycles. The summed E-state index contributed by atoms with van der Waals surface area (Å²) < 4.78 is 10.8. The first-order valence-corrected chi connectivity index (χ1v) is 9.50. The fraction of sp³-hybridized carbons (Fsp3) is 0.409. The molecule has 0 saturated carbocycles. The van der Waals surface area contributed by atoms with E-state index >= 15 is 0 Å². The maximum atomic E-state index is 5.76. The molecule has 0 aliphatic rings. The first-order valence-electron chi connectivity index (χ1n) is 9.50. The van der Waals surface area contributed by atoms with E-state index in [0.717, 1.165) is 36.8 Å². The zero-order chi connectivity index (χ0) is 19.3. The van der Waals surface area contributed by atoms with Crippen LogP contribution in [0.15, 0.2) is 53.5 Å². The summed E-state index contributed by atoms with van der Waals surface area (Å²) in [4.78, 5) is 4.70. The van der Waals surface area contributed by atoms with Crippen LogP contribution in [0, 0.1) is 6.92 Å². The second-order valence-electron chi connectivity index (χ2n) is 6.32. The van der Waals surface area contributed by atoms with Crippen molar-refractivity contribution in [2.24, 2.45) is 4.99 Å². The molecule has 0 aliphatic heterocycles. The SMILES string of the molecule is CCNC(=NCc1cccc(OCCCOC)c1)NCc1ccccc1C.I. The van der Waals surface area contributed by atoms with Crippen LogP contribution in [-0.4, -0.2) is 32.8 Å². The van der Waals surface area contributed by atoms with Crippen molar-refractivity contribution in [2.75, 3.05) is 26.9 Å². The van der Waals surface area contributed by atoms with Gasteiger partial charge in [-0.25, -0.2) is 4.99 Å².